The fraction of sp³-hybridized carbons (Fsp3) is 0.286. The Morgan fingerprint density at radius 1 is 1.42 bits per heavy atom. The van der Waals surface area contributed by atoms with Gasteiger partial charge in [0.05, 0.1) is 6.20 Å². The lowest BCUT2D eigenvalue weighted by atomic mass is 10.1. The van der Waals surface area contributed by atoms with E-state index in [1.807, 2.05) is 0 Å². The molecular formula is C7H7F3N2. The number of nitrogens with zero attached hydrogens (tertiary/aromatic N) is 1. The predicted molar refractivity (Wildman–Crippen MR) is 37.0 cm³/mol. The third-order valence-electron chi connectivity index (χ3n) is 1.48. The predicted octanol–water partition coefficient (Wildman–Crippen LogP) is 1.62. The van der Waals surface area contributed by atoms with Crippen LogP contribution in [0.5, 0.6) is 0 Å². The number of alkyl halides is 2. The van der Waals surface area contributed by atoms with Crippen LogP contribution >= 0.6 is 0 Å². The van der Waals surface area contributed by atoms with Crippen molar-refractivity contribution < 1.29 is 13.2 Å². The molecule has 0 aliphatic carbocycles. The zero-order valence-corrected chi connectivity index (χ0v) is 6.10. The Kier molecular flexibility index (Phi) is 2.65. The second-order valence-corrected chi connectivity index (χ2v) is 2.19. The molecule has 0 saturated heterocycles. The lowest BCUT2D eigenvalue weighted by molar-refractivity contribution is 0.149. The largest absolute Gasteiger partial charge is 0.326 e. The summed E-state index contributed by atoms with van der Waals surface area (Å²) in [5, 5.41) is 0. The average Bonchev–Trinajstić information content (AvgIpc) is 2.03. The third-order valence-corrected chi connectivity index (χ3v) is 1.48. The highest BCUT2D eigenvalue weighted by Crippen LogP contribution is 2.22. The Hall–Kier alpha value is -1.10. The summed E-state index contributed by atoms with van der Waals surface area (Å²) in [5.74, 6) is -0.782. The second kappa shape index (κ2) is 3.53. The molecule has 0 amide bonds. The number of halogens is 3. The van der Waals surface area contributed by atoms with Gasteiger partial charge in [-0.15, -0.1) is 0 Å². The van der Waals surface area contributed by atoms with Crippen LogP contribution in [-0.4, -0.2) is 4.98 Å². The molecule has 1 aromatic rings. The van der Waals surface area contributed by atoms with Crippen molar-refractivity contribution >= 4 is 0 Å². The van der Waals surface area contributed by atoms with Gasteiger partial charge in [0.1, 0.15) is 5.82 Å². The van der Waals surface area contributed by atoms with Gasteiger partial charge in [0.2, 0.25) is 0 Å². The van der Waals surface area contributed by atoms with Crippen LogP contribution in [0.25, 0.3) is 0 Å². The van der Waals surface area contributed by atoms with Crippen molar-refractivity contribution in [1.82, 2.24) is 4.98 Å². The first-order valence-corrected chi connectivity index (χ1v) is 3.27. The van der Waals surface area contributed by atoms with Gasteiger partial charge in [-0.3, -0.25) is 4.98 Å². The number of pyridine rings is 1. The van der Waals surface area contributed by atoms with E-state index in [0.717, 1.165) is 12.4 Å². The minimum Gasteiger partial charge on any atom is -0.326 e. The fourth-order valence-electron chi connectivity index (χ4n) is 0.880. The van der Waals surface area contributed by atoms with E-state index >= 15 is 0 Å². The van der Waals surface area contributed by atoms with E-state index in [1.165, 1.54) is 0 Å². The molecule has 2 N–H and O–H groups in total. The molecule has 0 spiro atoms. The SMILES string of the molecule is NCc1c(F)cncc1C(F)F. The van der Waals surface area contributed by atoms with Crippen LogP contribution in [0.2, 0.25) is 0 Å². The fourth-order valence-corrected chi connectivity index (χ4v) is 0.880. The average molecular weight is 176 g/mol. The number of aromatic nitrogens is 1. The summed E-state index contributed by atoms with van der Waals surface area (Å²) in [5.41, 5.74) is 4.49. The van der Waals surface area contributed by atoms with E-state index < -0.39 is 17.8 Å². The first-order chi connectivity index (χ1) is 5.66. The van der Waals surface area contributed by atoms with E-state index in [1.54, 1.807) is 0 Å². The highest BCUT2D eigenvalue weighted by atomic mass is 19.3. The van der Waals surface area contributed by atoms with Gasteiger partial charge in [-0.2, -0.15) is 0 Å². The Labute approximate surface area is 67.2 Å². The summed E-state index contributed by atoms with van der Waals surface area (Å²) in [7, 11) is 0. The summed E-state index contributed by atoms with van der Waals surface area (Å²) >= 11 is 0. The van der Waals surface area contributed by atoms with Gasteiger partial charge in [-0.25, -0.2) is 13.2 Å². The van der Waals surface area contributed by atoms with Gasteiger partial charge >= 0.3 is 0 Å². The Morgan fingerprint density at radius 3 is 2.50 bits per heavy atom. The van der Waals surface area contributed by atoms with E-state index in [-0.39, 0.29) is 12.1 Å². The molecule has 0 unspecified atom stereocenters. The van der Waals surface area contributed by atoms with Crippen LogP contribution in [0, 0.1) is 5.82 Å². The third kappa shape index (κ3) is 1.55. The Balaban J connectivity index is 3.18. The zero-order valence-electron chi connectivity index (χ0n) is 6.10. The zero-order chi connectivity index (χ0) is 9.14. The molecule has 0 aliphatic heterocycles. The van der Waals surface area contributed by atoms with Crippen molar-refractivity contribution in [1.29, 1.82) is 0 Å². The summed E-state index contributed by atoms with van der Waals surface area (Å²) < 4.78 is 37.0. The first kappa shape index (κ1) is 8.99. The topological polar surface area (TPSA) is 38.9 Å². The normalized spacial score (nSPS) is 10.8. The molecular weight excluding hydrogens is 169 g/mol. The maximum atomic E-state index is 12.7. The molecule has 0 aliphatic rings. The first-order valence-electron chi connectivity index (χ1n) is 3.27. The summed E-state index contributed by atoms with van der Waals surface area (Å²) in [6.45, 7) is -0.242. The molecule has 1 heterocycles. The maximum absolute atomic E-state index is 12.7. The molecule has 0 saturated carbocycles. The molecule has 1 aromatic heterocycles. The smallest absolute Gasteiger partial charge is 0.265 e. The second-order valence-electron chi connectivity index (χ2n) is 2.19. The van der Waals surface area contributed by atoms with E-state index in [4.69, 9.17) is 5.73 Å². The van der Waals surface area contributed by atoms with E-state index in [2.05, 4.69) is 4.98 Å². The molecule has 5 heteroatoms. The van der Waals surface area contributed by atoms with Crippen LogP contribution in [0.3, 0.4) is 0 Å². The number of hydrogen-bond donors (Lipinski definition) is 1. The van der Waals surface area contributed by atoms with E-state index in [9.17, 15) is 13.2 Å². The van der Waals surface area contributed by atoms with Crippen LogP contribution in [0.4, 0.5) is 13.2 Å². The van der Waals surface area contributed by atoms with Crippen LogP contribution in [0.15, 0.2) is 12.4 Å². The highest BCUT2D eigenvalue weighted by Gasteiger charge is 2.15. The van der Waals surface area contributed by atoms with E-state index in [0.29, 0.717) is 0 Å². The van der Waals surface area contributed by atoms with Crippen molar-refractivity contribution in [2.45, 2.75) is 13.0 Å². The molecule has 12 heavy (non-hydrogen) atoms. The lowest BCUT2D eigenvalue weighted by Crippen LogP contribution is -2.05. The molecule has 66 valence electrons. The van der Waals surface area contributed by atoms with Crippen LogP contribution < -0.4 is 5.73 Å². The van der Waals surface area contributed by atoms with Crippen molar-refractivity contribution in [2.24, 2.45) is 5.73 Å². The molecule has 1 rings (SSSR count). The minimum atomic E-state index is -2.73. The molecule has 0 radical (unpaired) electrons. The Bertz CT molecular complexity index is 275. The quantitative estimate of drug-likeness (QED) is 0.743. The molecule has 0 aromatic carbocycles. The van der Waals surface area contributed by atoms with Gasteiger partial charge in [0.15, 0.2) is 0 Å². The Morgan fingerprint density at radius 2 is 2.08 bits per heavy atom. The lowest BCUT2D eigenvalue weighted by Gasteiger charge is -2.05. The monoisotopic (exact) mass is 176 g/mol. The molecule has 0 atom stereocenters. The van der Waals surface area contributed by atoms with Crippen molar-refractivity contribution in [3.63, 3.8) is 0 Å². The summed E-state index contributed by atoms with van der Waals surface area (Å²) in [6.07, 6.45) is -0.934. The minimum absolute atomic E-state index is 0.167. The van der Waals surface area contributed by atoms with Crippen LogP contribution in [0.1, 0.15) is 17.6 Å². The molecule has 0 fully saturated rings. The van der Waals surface area contributed by atoms with Crippen LogP contribution in [-0.2, 0) is 6.54 Å². The van der Waals surface area contributed by atoms with Gasteiger partial charge in [-0.1, -0.05) is 0 Å². The molecule has 0 bridgehead atoms. The number of nitrogens with two attached hydrogens (primary N) is 1. The van der Waals surface area contributed by atoms with Gasteiger partial charge in [-0.05, 0) is 0 Å². The highest BCUT2D eigenvalue weighted by molar-refractivity contribution is 5.25. The standard InChI is InChI=1S/C7H7F3N2/c8-6-3-12-2-5(7(9)10)4(6)1-11/h2-3,7H,1,11H2. The van der Waals surface area contributed by atoms with Gasteiger partial charge < -0.3 is 5.73 Å². The van der Waals surface area contributed by atoms with Gasteiger partial charge in [0.25, 0.3) is 6.43 Å². The maximum Gasteiger partial charge on any atom is 0.265 e. The van der Waals surface area contributed by atoms with Crippen molar-refractivity contribution in [2.75, 3.05) is 0 Å². The van der Waals surface area contributed by atoms with Crippen molar-refractivity contribution in [3.05, 3.63) is 29.3 Å². The summed E-state index contributed by atoms with van der Waals surface area (Å²) in [6, 6.07) is 0. The number of rotatable bonds is 2. The van der Waals surface area contributed by atoms with Gasteiger partial charge in [0, 0.05) is 23.9 Å². The molecule has 2 nitrogen and oxygen atoms in total. The summed E-state index contributed by atoms with van der Waals surface area (Å²) in [4.78, 5) is 3.30. The van der Waals surface area contributed by atoms with Crippen molar-refractivity contribution in [3.8, 4) is 0 Å². The number of hydrogen-bond acceptors (Lipinski definition) is 2.